The Morgan fingerprint density at radius 3 is 2.59 bits per heavy atom. The molecule has 0 saturated heterocycles. The van der Waals surface area contributed by atoms with Crippen LogP contribution in [0.4, 0.5) is 10.1 Å². The van der Waals surface area contributed by atoms with Crippen molar-refractivity contribution in [2.75, 3.05) is 18.5 Å². The van der Waals surface area contributed by atoms with Crippen molar-refractivity contribution in [2.45, 2.75) is 26.2 Å². The minimum atomic E-state index is -0.302. The molecular formula is C23H22FNO3S. The van der Waals surface area contributed by atoms with E-state index in [9.17, 15) is 9.18 Å². The molecule has 2 heterocycles. The lowest BCUT2D eigenvalue weighted by Crippen LogP contribution is -2.22. The van der Waals surface area contributed by atoms with Crippen molar-refractivity contribution in [2.24, 2.45) is 0 Å². The number of anilines is 1. The largest absolute Gasteiger partial charge is 0.490 e. The molecule has 0 radical (unpaired) electrons. The Kier molecular flexibility index (Phi) is 5.53. The molecule has 3 aromatic rings. The molecule has 1 aliphatic rings. The summed E-state index contributed by atoms with van der Waals surface area (Å²) in [5, 5.41) is 4.87. The van der Waals surface area contributed by atoms with Crippen LogP contribution in [-0.2, 0) is 4.79 Å². The Morgan fingerprint density at radius 2 is 1.83 bits per heavy atom. The van der Waals surface area contributed by atoms with Gasteiger partial charge in [-0.1, -0.05) is 24.3 Å². The standard InChI is InChI=1S/C23H22FNO3S/c1-3-27-19-10-9-14(11-20(19)28-4-2)16-12-21(26)25-22-17(13-29-23(16)22)15-7-5-6-8-18(15)24/h5-11,13,16H,3-4,12H2,1-2H3,(H,25,26)/t16-/m0/s1. The summed E-state index contributed by atoms with van der Waals surface area (Å²) in [6.45, 7) is 4.93. The van der Waals surface area contributed by atoms with Gasteiger partial charge in [0.15, 0.2) is 11.5 Å². The first kappa shape index (κ1) is 19.5. The van der Waals surface area contributed by atoms with Crippen LogP contribution in [0.5, 0.6) is 11.5 Å². The number of hydrogen-bond acceptors (Lipinski definition) is 4. The van der Waals surface area contributed by atoms with Gasteiger partial charge < -0.3 is 14.8 Å². The number of fused-ring (bicyclic) bond motifs is 1. The second-order valence-corrected chi connectivity index (χ2v) is 7.66. The quantitative estimate of drug-likeness (QED) is 0.555. The molecule has 150 valence electrons. The molecule has 6 heteroatoms. The highest BCUT2D eigenvalue weighted by Gasteiger charge is 2.31. The molecule has 1 aromatic heterocycles. The first-order chi connectivity index (χ1) is 14.1. The second-order valence-electron chi connectivity index (χ2n) is 6.75. The first-order valence-corrected chi connectivity index (χ1v) is 10.6. The second kappa shape index (κ2) is 8.25. The van der Waals surface area contributed by atoms with E-state index in [0.717, 1.165) is 16.0 Å². The summed E-state index contributed by atoms with van der Waals surface area (Å²) in [6, 6.07) is 12.4. The molecule has 0 fully saturated rings. The van der Waals surface area contributed by atoms with Gasteiger partial charge in [0.25, 0.3) is 0 Å². The fourth-order valence-electron chi connectivity index (χ4n) is 3.66. The number of amides is 1. The van der Waals surface area contributed by atoms with E-state index in [1.165, 1.54) is 6.07 Å². The van der Waals surface area contributed by atoms with Crippen LogP contribution in [0.2, 0.25) is 0 Å². The van der Waals surface area contributed by atoms with Crippen LogP contribution in [0.1, 0.15) is 36.6 Å². The Bertz CT molecular complexity index is 1050. The van der Waals surface area contributed by atoms with Gasteiger partial charge in [0, 0.05) is 33.7 Å². The summed E-state index contributed by atoms with van der Waals surface area (Å²) in [5.41, 5.74) is 2.90. The van der Waals surface area contributed by atoms with Gasteiger partial charge in [-0.2, -0.15) is 0 Å². The van der Waals surface area contributed by atoms with E-state index >= 15 is 0 Å². The number of halogens is 1. The number of thiophene rings is 1. The van der Waals surface area contributed by atoms with Gasteiger partial charge in [-0.25, -0.2) is 4.39 Å². The number of rotatable bonds is 6. The molecular weight excluding hydrogens is 389 g/mol. The Labute approximate surface area is 173 Å². The minimum Gasteiger partial charge on any atom is -0.490 e. The van der Waals surface area contributed by atoms with E-state index in [0.29, 0.717) is 42.4 Å². The van der Waals surface area contributed by atoms with Gasteiger partial charge in [0.05, 0.1) is 18.9 Å². The van der Waals surface area contributed by atoms with E-state index in [2.05, 4.69) is 5.32 Å². The third-order valence-electron chi connectivity index (χ3n) is 4.92. The zero-order chi connectivity index (χ0) is 20.4. The molecule has 1 aliphatic heterocycles. The van der Waals surface area contributed by atoms with E-state index in [4.69, 9.17) is 9.47 Å². The summed E-state index contributed by atoms with van der Waals surface area (Å²) in [6.07, 6.45) is 0.337. The van der Waals surface area contributed by atoms with E-state index in [1.54, 1.807) is 29.5 Å². The van der Waals surface area contributed by atoms with Gasteiger partial charge in [-0.3, -0.25) is 4.79 Å². The van der Waals surface area contributed by atoms with Crippen molar-refractivity contribution in [1.29, 1.82) is 0 Å². The molecule has 0 bridgehead atoms. The molecule has 0 saturated carbocycles. The monoisotopic (exact) mass is 411 g/mol. The zero-order valence-corrected chi connectivity index (χ0v) is 17.1. The Hall–Kier alpha value is -2.86. The molecule has 1 amide bonds. The first-order valence-electron chi connectivity index (χ1n) is 9.68. The van der Waals surface area contributed by atoms with Gasteiger partial charge in [-0.05, 0) is 37.6 Å². The van der Waals surface area contributed by atoms with Crippen LogP contribution < -0.4 is 14.8 Å². The average Bonchev–Trinajstić information content (AvgIpc) is 3.13. The lowest BCUT2D eigenvalue weighted by Gasteiger charge is -2.25. The van der Waals surface area contributed by atoms with Gasteiger partial charge >= 0.3 is 0 Å². The minimum absolute atomic E-state index is 0.0784. The molecule has 1 atom stereocenters. The number of carbonyl (C=O) groups is 1. The molecule has 0 aliphatic carbocycles. The summed E-state index contributed by atoms with van der Waals surface area (Å²) in [7, 11) is 0. The maximum Gasteiger partial charge on any atom is 0.225 e. The summed E-state index contributed by atoms with van der Waals surface area (Å²) in [4.78, 5) is 13.5. The van der Waals surface area contributed by atoms with Crippen LogP contribution in [-0.4, -0.2) is 19.1 Å². The van der Waals surface area contributed by atoms with Crippen molar-refractivity contribution >= 4 is 22.9 Å². The molecule has 4 nitrogen and oxygen atoms in total. The third kappa shape index (κ3) is 3.72. The normalized spacial score (nSPS) is 15.6. The number of benzene rings is 2. The fraction of sp³-hybridized carbons (Fsp3) is 0.261. The van der Waals surface area contributed by atoms with E-state index in [-0.39, 0.29) is 17.6 Å². The third-order valence-corrected chi connectivity index (χ3v) is 6.02. The van der Waals surface area contributed by atoms with Crippen molar-refractivity contribution in [3.8, 4) is 22.6 Å². The van der Waals surface area contributed by atoms with Crippen LogP contribution in [0, 0.1) is 5.82 Å². The lowest BCUT2D eigenvalue weighted by molar-refractivity contribution is -0.116. The molecule has 4 rings (SSSR count). The Morgan fingerprint density at radius 1 is 1.07 bits per heavy atom. The van der Waals surface area contributed by atoms with Crippen molar-refractivity contribution < 1.29 is 18.7 Å². The molecule has 0 unspecified atom stereocenters. The maximum absolute atomic E-state index is 14.4. The summed E-state index contributed by atoms with van der Waals surface area (Å²) in [5.74, 6) is 0.871. The summed E-state index contributed by atoms with van der Waals surface area (Å²) >= 11 is 1.54. The highest BCUT2D eigenvalue weighted by atomic mass is 32.1. The van der Waals surface area contributed by atoms with Crippen molar-refractivity contribution in [3.63, 3.8) is 0 Å². The van der Waals surface area contributed by atoms with Gasteiger partial charge in [-0.15, -0.1) is 11.3 Å². The Balaban J connectivity index is 1.77. The van der Waals surface area contributed by atoms with Gasteiger partial charge in [0.1, 0.15) is 5.82 Å². The number of ether oxygens (including phenoxy) is 2. The molecule has 29 heavy (non-hydrogen) atoms. The van der Waals surface area contributed by atoms with Crippen molar-refractivity contribution in [3.05, 3.63) is 64.1 Å². The SMILES string of the molecule is CCOc1ccc([C@@H]2CC(=O)Nc3c(-c4ccccc4F)csc32)cc1OCC. The molecule has 0 spiro atoms. The topological polar surface area (TPSA) is 47.6 Å². The zero-order valence-electron chi connectivity index (χ0n) is 16.3. The van der Waals surface area contributed by atoms with E-state index in [1.807, 2.05) is 37.4 Å². The predicted molar refractivity (Wildman–Crippen MR) is 114 cm³/mol. The fourth-order valence-corrected chi connectivity index (χ4v) is 4.81. The maximum atomic E-state index is 14.4. The molecule has 1 N–H and O–H groups in total. The van der Waals surface area contributed by atoms with Crippen LogP contribution in [0.15, 0.2) is 47.8 Å². The predicted octanol–water partition coefficient (Wildman–Crippen LogP) is 5.83. The number of carbonyl (C=O) groups excluding carboxylic acids is 1. The highest BCUT2D eigenvalue weighted by Crippen LogP contribution is 2.48. The van der Waals surface area contributed by atoms with Crippen molar-refractivity contribution in [1.82, 2.24) is 0 Å². The number of hydrogen-bond donors (Lipinski definition) is 1. The average molecular weight is 411 g/mol. The van der Waals surface area contributed by atoms with Crippen LogP contribution in [0.25, 0.3) is 11.1 Å². The van der Waals surface area contributed by atoms with Crippen LogP contribution in [0.3, 0.4) is 0 Å². The smallest absolute Gasteiger partial charge is 0.225 e. The number of nitrogens with one attached hydrogen (secondary N) is 1. The summed E-state index contributed by atoms with van der Waals surface area (Å²) < 4.78 is 25.8. The highest BCUT2D eigenvalue weighted by molar-refractivity contribution is 7.11. The van der Waals surface area contributed by atoms with E-state index < -0.39 is 0 Å². The van der Waals surface area contributed by atoms with Crippen LogP contribution >= 0.6 is 11.3 Å². The van der Waals surface area contributed by atoms with Gasteiger partial charge in [0.2, 0.25) is 5.91 Å². The molecule has 2 aromatic carbocycles. The lowest BCUT2D eigenvalue weighted by atomic mass is 9.89.